The zero-order chi connectivity index (χ0) is 18.8. The molecule has 0 amide bonds. The van der Waals surface area contributed by atoms with Crippen molar-refractivity contribution in [2.24, 2.45) is 0 Å². The Morgan fingerprint density at radius 1 is 0.926 bits per heavy atom. The summed E-state index contributed by atoms with van der Waals surface area (Å²) in [5, 5.41) is 11.4. The summed E-state index contributed by atoms with van der Waals surface area (Å²) in [5.41, 5.74) is 3.79. The number of aliphatic hydroxyl groups is 1. The minimum Gasteiger partial charge on any atom is -0.390 e. The summed E-state index contributed by atoms with van der Waals surface area (Å²) in [7, 11) is 0. The molecular formula is C22H28ClN3O. The number of aliphatic hydroxyl groups excluding tert-OH is 1. The molecule has 0 aromatic heterocycles. The third-order valence-electron chi connectivity index (χ3n) is 5.85. The van der Waals surface area contributed by atoms with E-state index in [4.69, 9.17) is 11.6 Å². The molecule has 0 bridgehead atoms. The maximum absolute atomic E-state index is 10.6. The van der Waals surface area contributed by atoms with Gasteiger partial charge in [-0.05, 0) is 36.8 Å². The number of aryl methyl sites for hydroxylation is 1. The predicted molar refractivity (Wildman–Crippen MR) is 111 cm³/mol. The van der Waals surface area contributed by atoms with E-state index in [-0.39, 0.29) is 12.1 Å². The second-order valence-electron chi connectivity index (χ2n) is 7.81. The van der Waals surface area contributed by atoms with Gasteiger partial charge in [0.05, 0.1) is 12.1 Å². The topological polar surface area (TPSA) is 30.0 Å². The lowest BCUT2D eigenvalue weighted by molar-refractivity contribution is 0.0424. The van der Waals surface area contributed by atoms with Crippen LogP contribution >= 0.6 is 11.6 Å². The fourth-order valence-electron chi connectivity index (χ4n) is 4.20. The Kier molecular flexibility index (Phi) is 5.69. The van der Waals surface area contributed by atoms with E-state index in [0.29, 0.717) is 0 Å². The van der Waals surface area contributed by atoms with Crippen LogP contribution in [0.15, 0.2) is 48.5 Å². The second-order valence-corrected chi connectivity index (χ2v) is 8.25. The number of anilines is 1. The van der Waals surface area contributed by atoms with Gasteiger partial charge in [-0.1, -0.05) is 41.4 Å². The first-order valence-electron chi connectivity index (χ1n) is 9.79. The van der Waals surface area contributed by atoms with Gasteiger partial charge in [0.25, 0.3) is 0 Å². The van der Waals surface area contributed by atoms with Crippen molar-refractivity contribution in [1.29, 1.82) is 0 Å². The van der Waals surface area contributed by atoms with Crippen molar-refractivity contribution in [3.8, 4) is 0 Å². The Hall–Kier alpha value is -1.59. The Bertz CT molecular complexity index is 741. The molecular weight excluding hydrogens is 358 g/mol. The molecule has 2 aromatic carbocycles. The first-order chi connectivity index (χ1) is 13.1. The maximum Gasteiger partial charge on any atom is 0.0887 e. The highest BCUT2D eigenvalue weighted by atomic mass is 35.5. The molecule has 4 nitrogen and oxygen atoms in total. The van der Waals surface area contributed by atoms with Crippen LogP contribution in [-0.4, -0.2) is 66.3 Å². The number of β-amino-alcohol motifs (C(OH)–C–C–N with tert-alkyl or cyclic N) is 1. The molecule has 2 saturated heterocycles. The van der Waals surface area contributed by atoms with E-state index in [1.165, 1.54) is 16.8 Å². The van der Waals surface area contributed by atoms with Crippen molar-refractivity contribution in [3.63, 3.8) is 0 Å². The highest BCUT2D eigenvalue weighted by Crippen LogP contribution is 2.25. The normalized spacial score (nSPS) is 24.5. The number of hydrogen-bond acceptors (Lipinski definition) is 4. The van der Waals surface area contributed by atoms with Crippen molar-refractivity contribution in [3.05, 3.63) is 64.7 Å². The number of nitrogens with zero attached hydrogens (tertiary/aromatic N) is 3. The molecule has 2 aromatic rings. The molecule has 0 unspecified atom stereocenters. The van der Waals surface area contributed by atoms with E-state index in [9.17, 15) is 5.11 Å². The molecule has 0 aliphatic carbocycles. The van der Waals surface area contributed by atoms with Crippen LogP contribution in [0.3, 0.4) is 0 Å². The van der Waals surface area contributed by atoms with E-state index in [1.807, 2.05) is 12.1 Å². The van der Waals surface area contributed by atoms with E-state index >= 15 is 0 Å². The number of halogens is 1. The van der Waals surface area contributed by atoms with Crippen LogP contribution in [0, 0.1) is 6.92 Å². The first kappa shape index (κ1) is 18.8. The Balaban J connectivity index is 1.31. The molecule has 0 radical (unpaired) electrons. The molecule has 2 heterocycles. The van der Waals surface area contributed by atoms with Gasteiger partial charge >= 0.3 is 0 Å². The molecule has 2 aliphatic rings. The van der Waals surface area contributed by atoms with Crippen molar-refractivity contribution >= 4 is 17.3 Å². The summed E-state index contributed by atoms with van der Waals surface area (Å²) < 4.78 is 0. The Labute approximate surface area is 167 Å². The maximum atomic E-state index is 10.6. The van der Waals surface area contributed by atoms with Crippen molar-refractivity contribution < 1.29 is 5.11 Å². The van der Waals surface area contributed by atoms with E-state index in [1.54, 1.807) is 0 Å². The molecule has 5 heteroatoms. The Morgan fingerprint density at radius 3 is 2.26 bits per heavy atom. The smallest absolute Gasteiger partial charge is 0.0887 e. The van der Waals surface area contributed by atoms with E-state index in [2.05, 4.69) is 58.0 Å². The van der Waals surface area contributed by atoms with Crippen LogP contribution < -0.4 is 4.90 Å². The summed E-state index contributed by atoms with van der Waals surface area (Å²) in [4.78, 5) is 7.27. The van der Waals surface area contributed by atoms with Crippen molar-refractivity contribution in [2.45, 2.75) is 25.6 Å². The SMILES string of the molecule is Cc1ccc(N2C[C@@H](O)[C@H](N3CCN(Cc4ccc(Cl)cc4)CC3)C2)cc1. The van der Waals surface area contributed by atoms with Gasteiger partial charge < -0.3 is 10.0 Å². The monoisotopic (exact) mass is 385 g/mol. The third-order valence-corrected chi connectivity index (χ3v) is 6.11. The average Bonchev–Trinajstić information content (AvgIpc) is 3.06. The fourth-order valence-corrected chi connectivity index (χ4v) is 4.32. The summed E-state index contributed by atoms with van der Waals surface area (Å²) in [6, 6.07) is 17.0. The summed E-state index contributed by atoms with van der Waals surface area (Å²) in [6.07, 6.45) is -0.283. The van der Waals surface area contributed by atoms with Gasteiger partial charge in [-0.3, -0.25) is 9.80 Å². The van der Waals surface area contributed by atoms with Gasteiger partial charge in [0.2, 0.25) is 0 Å². The predicted octanol–water partition coefficient (Wildman–Crippen LogP) is 3.02. The lowest BCUT2D eigenvalue weighted by Gasteiger charge is -2.38. The van der Waals surface area contributed by atoms with Crippen LogP contribution in [0.4, 0.5) is 5.69 Å². The van der Waals surface area contributed by atoms with Crippen LogP contribution in [0.2, 0.25) is 5.02 Å². The number of rotatable bonds is 4. The van der Waals surface area contributed by atoms with Crippen molar-refractivity contribution in [2.75, 3.05) is 44.2 Å². The van der Waals surface area contributed by atoms with E-state index in [0.717, 1.165) is 50.8 Å². The molecule has 2 aliphatic heterocycles. The van der Waals surface area contributed by atoms with Gasteiger partial charge in [-0.15, -0.1) is 0 Å². The van der Waals surface area contributed by atoms with Crippen LogP contribution in [0.5, 0.6) is 0 Å². The van der Waals surface area contributed by atoms with Crippen LogP contribution in [0.25, 0.3) is 0 Å². The number of piperazine rings is 1. The van der Waals surface area contributed by atoms with Gasteiger partial charge in [-0.25, -0.2) is 0 Å². The number of hydrogen-bond donors (Lipinski definition) is 1. The lowest BCUT2D eigenvalue weighted by Crippen LogP contribution is -2.53. The Morgan fingerprint density at radius 2 is 1.59 bits per heavy atom. The molecule has 1 N–H and O–H groups in total. The molecule has 2 fully saturated rings. The zero-order valence-electron chi connectivity index (χ0n) is 15.9. The lowest BCUT2D eigenvalue weighted by atomic mass is 10.1. The van der Waals surface area contributed by atoms with Gasteiger partial charge in [0.15, 0.2) is 0 Å². The molecule has 4 rings (SSSR count). The van der Waals surface area contributed by atoms with Crippen LogP contribution in [-0.2, 0) is 6.54 Å². The highest BCUT2D eigenvalue weighted by molar-refractivity contribution is 6.30. The molecule has 0 saturated carbocycles. The van der Waals surface area contributed by atoms with E-state index < -0.39 is 0 Å². The van der Waals surface area contributed by atoms with Gasteiger partial charge in [-0.2, -0.15) is 0 Å². The molecule has 2 atom stereocenters. The highest BCUT2D eigenvalue weighted by Gasteiger charge is 2.36. The average molecular weight is 386 g/mol. The quantitative estimate of drug-likeness (QED) is 0.876. The minimum absolute atomic E-state index is 0.226. The van der Waals surface area contributed by atoms with Gasteiger partial charge in [0, 0.05) is 56.5 Å². The summed E-state index contributed by atoms with van der Waals surface area (Å²) in [6.45, 7) is 8.80. The zero-order valence-corrected chi connectivity index (χ0v) is 16.6. The standard InChI is InChI=1S/C22H28ClN3O/c1-17-2-8-20(9-3-17)26-15-21(22(27)16-26)25-12-10-24(11-13-25)14-18-4-6-19(23)7-5-18/h2-9,21-22,27H,10-16H2,1H3/t21-,22-/m1/s1. The molecule has 144 valence electrons. The fraction of sp³-hybridized carbons (Fsp3) is 0.455. The van der Waals surface area contributed by atoms with Crippen molar-refractivity contribution in [1.82, 2.24) is 9.80 Å². The largest absolute Gasteiger partial charge is 0.390 e. The summed E-state index contributed by atoms with van der Waals surface area (Å²) >= 11 is 5.98. The van der Waals surface area contributed by atoms with Gasteiger partial charge in [0.1, 0.15) is 0 Å². The first-order valence-corrected chi connectivity index (χ1v) is 10.2. The second kappa shape index (κ2) is 8.19. The third kappa shape index (κ3) is 4.46. The van der Waals surface area contributed by atoms with Crippen LogP contribution in [0.1, 0.15) is 11.1 Å². The number of benzene rings is 2. The summed E-state index contributed by atoms with van der Waals surface area (Å²) in [5.74, 6) is 0. The minimum atomic E-state index is -0.283. The molecule has 0 spiro atoms. The molecule has 27 heavy (non-hydrogen) atoms.